The Morgan fingerprint density at radius 2 is 1.95 bits per heavy atom. The first-order valence-corrected chi connectivity index (χ1v) is 8.97. The molecule has 1 aliphatic heterocycles. The minimum absolute atomic E-state index is 0.971. The lowest BCUT2D eigenvalue weighted by Crippen LogP contribution is -2.04. The molecule has 0 bridgehead atoms. The number of rotatable bonds is 2. The lowest BCUT2D eigenvalue weighted by Gasteiger charge is -2.06. The number of halogens is 2. The van der Waals surface area contributed by atoms with E-state index in [4.69, 9.17) is 5.10 Å². The van der Waals surface area contributed by atoms with E-state index in [0.717, 1.165) is 34.6 Å². The van der Waals surface area contributed by atoms with Gasteiger partial charge < -0.3 is 5.32 Å². The van der Waals surface area contributed by atoms with Crippen LogP contribution < -0.4 is 5.32 Å². The minimum Gasteiger partial charge on any atom is -0.369 e. The first-order chi connectivity index (χ1) is 10.7. The summed E-state index contributed by atoms with van der Waals surface area (Å²) in [6.07, 6.45) is 1.02. The highest BCUT2D eigenvalue weighted by Crippen LogP contribution is 2.35. The molecule has 0 radical (unpaired) electrons. The Labute approximate surface area is 151 Å². The number of anilines is 1. The fourth-order valence-corrected chi connectivity index (χ4v) is 3.56. The lowest BCUT2D eigenvalue weighted by molar-refractivity contribution is 0.882. The van der Waals surface area contributed by atoms with Crippen LogP contribution in [0.15, 0.2) is 53.0 Å². The van der Waals surface area contributed by atoms with Gasteiger partial charge in [0.2, 0.25) is 0 Å². The zero-order valence-electron chi connectivity index (χ0n) is 11.7. The van der Waals surface area contributed by atoms with Crippen LogP contribution in [0.3, 0.4) is 0 Å². The highest BCUT2D eigenvalue weighted by molar-refractivity contribution is 14.1. The van der Waals surface area contributed by atoms with Crippen molar-refractivity contribution in [3.05, 3.63) is 62.1 Å². The molecule has 0 unspecified atom stereocenters. The van der Waals surface area contributed by atoms with Crippen LogP contribution in [-0.4, -0.2) is 16.3 Å². The maximum atomic E-state index is 4.87. The van der Waals surface area contributed by atoms with Gasteiger partial charge in [-0.15, -0.1) is 0 Å². The van der Waals surface area contributed by atoms with E-state index in [2.05, 4.69) is 80.2 Å². The summed E-state index contributed by atoms with van der Waals surface area (Å²) in [5.74, 6) is 1.12. The third-order valence-electron chi connectivity index (χ3n) is 3.82. The Kier molecular flexibility index (Phi) is 3.69. The van der Waals surface area contributed by atoms with Crippen LogP contribution in [0.2, 0.25) is 0 Å². The quantitative estimate of drug-likeness (QED) is 0.547. The molecule has 3 aromatic rings. The average molecular weight is 466 g/mol. The molecule has 0 aliphatic carbocycles. The van der Waals surface area contributed by atoms with Crippen molar-refractivity contribution in [3.8, 4) is 16.9 Å². The largest absolute Gasteiger partial charge is 0.369 e. The van der Waals surface area contributed by atoms with Crippen LogP contribution in [0.25, 0.3) is 16.9 Å². The summed E-state index contributed by atoms with van der Waals surface area (Å²) in [5, 5.41) is 8.35. The number of fused-ring (bicyclic) bond motifs is 1. The summed E-state index contributed by atoms with van der Waals surface area (Å²) in [7, 11) is 0. The summed E-state index contributed by atoms with van der Waals surface area (Å²) in [4.78, 5) is 0. The van der Waals surface area contributed by atoms with Gasteiger partial charge in [0.15, 0.2) is 0 Å². The minimum atomic E-state index is 0.971. The van der Waals surface area contributed by atoms with Crippen molar-refractivity contribution in [2.75, 3.05) is 11.9 Å². The Hall–Kier alpha value is -1.34. The maximum Gasteiger partial charge on any atom is 0.133 e. The molecule has 0 amide bonds. The molecule has 0 saturated carbocycles. The van der Waals surface area contributed by atoms with Gasteiger partial charge in [0.1, 0.15) is 5.82 Å². The summed E-state index contributed by atoms with van der Waals surface area (Å²) in [5.41, 5.74) is 4.63. The Bertz CT molecular complexity index is 840. The van der Waals surface area contributed by atoms with Crippen LogP contribution in [0.1, 0.15) is 5.56 Å². The molecule has 0 fully saturated rings. The Morgan fingerprint density at radius 1 is 1.14 bits per heavy atom. The molecular weight excluding hydrogens is 453 g/mol. The van der Waals surface area contributed by atoms with Crippen molar-refractivity contribution < 1.29 is 0 Å². The highest BCUT2D eigenvalue weighted by atomic mass is 127. The molecule has 2 aromatic carbocycles. The molecule has 0 spiro atoms. The number of hydrogen-bond donors (Lipinski definition) is 1. The highest BCUT2D eigenvalue weighted by Gasteiger charge is 2.23. The van der Waals surface area contributed by atoms with Crippen molar-refractivity contribution in [3.63, 3.8) is 0 Å². The molecule has 4 rings (SSSR count). The van der Waals surface area contributed by atoms with Gasteiger partial charge in [-0.2, -0.15) is 5.10 Å². The predicted octanol–water partition coefficient (Wildman–Crippen LogP) is 4.87. The van der Waals surface area contributed by atoms with Gasteiger partial charge in [0, 0.05) is 25.7 Å². The van der Waals surface area contributed by atoms with E-state index in [-0.39, 0.29) is 0 Å². The van der Waals surface area contributed by atoms with E-state index in [1.54, 1.807) is 0 Å². The van der Waals surface area contributed by atoms with Gasteiger partial charge in [-0.1, -0.05) is 34.1 Å². The average Bonchev–Trinajstić information content (AvgIpc) is 3.10. The number of benzene rings is 2. The monoisotopic (exact) mass is 465 g/mol. The van der Waals surface area contributed by atoms with Crippen molar-refractivity contribution in [2.45, 2.75) is 6.42 Å². The van der Waals surface area contributed by atoms with Crippen molar-refractivity contribution in [1.29, 1.82) is 0 Å². The van der Waals surface area contributed by atoms with Crippen molar-refractivity contribution >= 4 is 44.3 Å². The van der Waals surface area contributed by atoms with Gasteiger partial charge in [0.05, 0.1) is 11.4 Å². The van der Waals surface area contributed by atoms with E-state index in [0.29, 0.717) is 0 Å². The smallest absolute Gasteiger partial charge is 0.133 e. The maximum absolute atomic E-state index is 4.87. The zero-order valence-corrected chi connectivity index (χ0v) is 15.4. The topological polar surface area (TPSA) is 29.9 Å². The number of hydrogen-bond acceptors (Lipinski definition) is 2. The normalized spacial score (nSPS) is 13.0. The van der Waals surface area contributed by atoms with Crippen LogP contribution in [-0.2, 0) is 6.42 Å². The van der Waals surface area contributed by atoms with Gasteiger partial charge in [-0.25, -0.2) is 4.68 Å². The van der Waals surface area contributed by atoms with Crippen molar-refractivity contribution in [2.24, 2.45) is 0 Å². The summed E-state index contributed by atoms with van der Waals surface area (Å²) < 4.78 is 4.31. The van der Waals surface area contributed by atoms with Crippen LogP contribution in [0, 0.1) is 3.57 Å². The van der Waals surface area contributed by atoms with E-state index in [1.807, 2.05) is 16.8 Å². The molecule has 110 valence electrons. The molecule has 0 atom stereocenters. The Morgan fingerprint density at radius 3 is 2.73 bits per heavy atom. The predicted molar refractivity (Wildman–Crippen MR) is 102 cm³/mol. The second kappa shape index (κ2) is 5.70. The molecule has 1 N–H and O–H groups in total. The molecule has 2 heterocycles. The van der Waals surface area contributed by atoms with E-state index in [9.17, 15) is 0 Å². The Balaban J connectivity index is 1.88. The summed E-state index contributed by atoms with van der Waals surface area (Å²) in [6, 6.07) is 16.8. The van der Waals surface area contributed by atoms with E-state index in [1.165, 1.54) is 14.7 Å². The third kappa shape index (κ3) is 2.46. The zero-order chi connectivity index (χ0) is 15.1. The lowest BCUT2D eigenvalue weighted by atomic mass is 10.1. The third-order valence-corrected chi connectivity index (χ3v) is 5.03. The van der Waals surface area contributed by atoms with Gasteiger partial charge in [-0.05, 0) is 59.3 Å². The number of aromatic nitrogens is 2. The fraction of sp³-hybridized carbons (Fsp3) is 0.118. The first-order valence-electron chi connectivity index (χ1n) is 7.10. The molecule has 1 aromatic heterocycles. The molecule has 3 nitrogen and oxygen atoms in total. The SMILES string of the molecule is Brc1cccc(-n2nc(-c3ccc(I)cc3)c3c2NCC3)c1. The first kappa shape index (κ1) is 14.3. The van der Waals surface area contributed by atoms with E-state index >= 15 is 0 Å². The van der Waals surface area contributed by atoms with Crippen LogP contribution in [0.4, 0.5) is 5.82 Å². The van der Waals surface area contributed by atoms with Gasteiger partial charge >= 0.3 is 0 Å². The molecule has 1 aliphatic rings. The van der Waals surface area contributed by atoms with Crippen molar-refractivity contribution in [1.82, 2.24) is 9.78 Å². The molecule has 22 heavy (non-hydrogen) atoms. The second-order valence-corrected chi connectivity index (χ2v) is 7.41. The summed E-state index contributed by atoms with van der Waals surface area (Å²) in [6.45, 7) is 0.971. The van der Waals surface area contributed by atoms with Gasteiger partial charge in [0.25, 0.3) is 0 Å². The number of nitrogens with one attached hydrogen (secondary N) is 1. The second-order valence-electron chi connectivity index (χ2n) is 5.25. The summed E-state index contributed by atoms with van der Waals surface area (Å²) >= 11 is 5.87. The van der Waals surface area contributed by atoms with Crippen LogP contribution in [0.5, 0.6) is 0 Å². The molecular formula is C17H13BrIN3. The van der Waals surface area contributed by atoms with E-state index < -0.39 is 0 Å². The molecule has 5 heteroatoms. The fourth-order valence-electron chi connectivity index (χ4n) is 2.81. The molecule has 0 saturated heterocycles. The number of nitrogens with zero attached hydrogens (tertiary/aromatic N) is 2. The van der Waals surface area contributed by atoms with Gasteiger partial charge in [-0.3, -0.25) is 0 Å². The standard InChI is InChI=1S/C17H13BrIN3/c18-12-2-1-3-14(10-12)22-17-15(8-9-20-17)16(21-22)11-4-6-13(19)7-5-11/h1-7,10,20H,8-9H2. The van der Waals surface area contributed by atoms with Crippen LogP contribution >= 0.6 is 38.5 Å².